The third-order valence-electron chi connectivity index (χ3n) is 3.06. The number of hydrogen-bond donors (Lipinski definition) is 0. The fourth-order valence-electron chi connectivity index (χ4n) is 2.32. The fourth-order valence-corrected chi connectivity index (χ4v) is 2.32. The molecule has 0 bridgehead atoms. The van der Waals surface area contributed by atoms with E-state index in [0.717, 1.165) is 25.3 Å². The highest BCUT2D eigenvalue weighted by atomic mass is 16.1. The van der Waals surface area contributed by atoms with Gasteiger partial charge in [0.25, 0.3) is 0 Å². The van der Waals surface area contributed by atoms with Gasteiger partial charge in [0.2, 0.25) is 0 Å². The molecular weight excluding hydrogens is 188 g/mol. The molecule has 1 aromatic rings. The maximum Gasteiger partial charge on any atom is 0.176 e. The quantitative estimate of drug-likeness (QED) is 0.709. The topological polar surface area (TPSA) is 25.2 Å². The van der Waals surface area contributed by atoms with E-state index in [1.807, 2.05) is 6.07 Å². The van der Waals surface area contributed by atoms with E-state index in [4.69, 9.17) is 0 Å². The van der Waals surface area contributed by atoms with Crippen molar-refractivity contribution < 1.29 is 4.79 Å². The largest absolute Gasteiger partial charge is 0.358 e. The predicted octanol–water partition coefficient (Wildman–Crippen LogP) is 2.31. The first kappa shape index (κ1) is 10.3. The second-order valence-corrected chi connectivity index (χ2v) is 4.07. The van der Waals surface area contributed by atoms with Crippen molar-refractivity contribution >= 4 is 11.6 Å². The summed E-state index contributed by atoms with van der Waals surface area (Å²) in [6.07, 6.45) is 2.54. The first-order chi connectivity index (χ1) is 7.24. The monoisotopic (exact) mass is 206 g/mol. The highest BCUT2D eigenvalue weighted by Gasteiger charge is 2.18. The van der Waals surface area contributed by atoms with Crippen LogP contribution in [0.5, 0.6) is 0 Å². The number of carbonyl (C=O) groups excluding carboxylic acids is 1. The standard InChI is InChI=1S/C12H18N2O/c1-3-14-11(10(2)15)6-7-12(14)13-8-4-5-9-13/h6-7H,3-5,8-9H2,1-2H3. The lowest BCUT2D eigenvalue weighted by Crippen LogP contribution is -2.22. The van der Waals surface area contributed by atoms with Crippen LogP contribution in [0.25, 0.3) is 0 Å². The summed E-state index contributed by atoms with van der Waals surface area (Å²) in [4.78, 5) is 13.8. The molecule has 1 aliphatic rings. The summed E-state index contributed by atoms with van der Waals surface area (Å²) in [6.45, 7) is 6.84. The van der Waals surface area contributed by atoms with Crippen LogP contribution >= 0.6 is 0 Å². The third-order valence-corrected chi connectivity index (χ3v) is 3.06. The van der Waals surface area contributed by atoms with Gasteiger partial charge in [0, 0.05) is 26.6 Å². The van der Waals surface area contributed by atoms with Crippen molar-refractivity contribution in [3.63, 3.8) is 0 Å². The van der Waals surface area contributed by atoms with Gasteiger partial charge < -0.3 is 9.47 Å². The van der Waals surface area contributed by atoms with Gasteiger partial charge in [-0.25, -0.2) is 0 Å². The molecule has 0 saturated carbocycles. The summed E-state index contributed by atoms with van der Waals surface area (Å²) in [6, 6.07) is 4.02. The highest BCUT2D eigenvalue weighted by Crippen LogP contribution is 2.23. The molecule has 0 spiro atoms. The summed E-state index contributed by atoms with van der Waals surface area (Å²) in [5.41, 5.74) is 0.833. The molecular formula is C12H18N2O. The molecule has 2 heterocycles. The molecule has 82 valence electrons. The Balaban J connectivity index is 2.34. The number of ketones is 1. The van der Waals surface area contributed by atoms with Crippen molar-refractivity contribution in [2.45, 2.75) is 33.2 Å². The SMILES string of the molecule is CCn1c(C(C)=O)ccc1N1CCCC1. The molecule has 3 nitrogen and oxygen atoms in total. The number of nitrogens with zero attached hydrogens (tertiary/aromatic N) is 2. The molecule has 0 radical (unpaired) electrons. The Morgan fingerprint density at radius 1 is 1.33 bits per heavy atom. The van der Waals surface area contributed by atoms with Crippen molar-refractivity contribution in [3.8, 4) is 0 Å². The van der Waals surface area contributed by atoms with Crippen LogP contribution in [0.2, 0.25) is 0 Å². The van der Waals surface area contributed by atoms with Gasteiger partial charge in [-0.15, -0.1) is 0 Å². The minimum Gasteiger partial charge on any atom is -0.358 e. The Morgan fingerprint density at radius 3 is 2.53 bits per heavy atom. The molecule has 1 fully saturated rings. The lowest BCUT2D eigenvalue weighted by Gasteiger charge is -2.20. The summed E-state index contributed by atoms with van der Waals surface area (Å²) in [7, 11) is 0. The van der Waals surface area contributed by atoms with Crippen LogP contribution in [-0.4, -0.2) is 23.4 Å². The molecule has 2 rings (SSSR count). The number of rotatable bonds is 3. The molecule has 0 atom stereocenters. The van der Waals surface area contributed by atoms with Gasteiger partial charge in [-0.2, -0.15) is 0 Å². The summed E-state index contributed by atoms with van der Waals surface area (Å²) in [5.74, 6) is 1.36. The van der Waals surface area contributed by atoms with Gasteiger partial charge in [0.05, 0.1) is 5.69 Å². The van der Waals surface area contributed by atoms with Crippen LogP contribution < -0.4 is 4.90 Å². The average Bonchev–Trinajstić information content (AvgIpc) is 2.85. The highest BCUT2D eigenvalue weighted by molar-refractivity contribution is 5.93. The Labute approximate surface area is 90.7 Å². The zero-order valence-electron chi connectivity index (χ0n) is 9.49. The van der Waals surface area contributed by atoms with E-state index < -0.39 is 0 Å². The number of Topliss-reactive ketones (excluding diaryl/α,β-unsaturated/α-hetero) is 1. The molecule has 0 aromatic carbocycles. The minimum atomic E-state index is 0.155. The Kier molecular flexibility index (Phi) is 2.80. The van der Waals surface area contributed by atoms with Crippen LogP contribution in [0.15, 0.2) is 12.1 Å². The van der Waals surface area contributed by atoms with Gasteiger partial charge >= 0.3 is 0 Å². The molecule has 0 aliphatic carbocycles. The lowest BCUT2D eigenvalue weighted by molar-refractivity contribution is 0.100. The molecule has 3 heteroatoms. The lowest BCUT2D eigenvalue weighted by atomic mass is 10.3. The summed E-state index contributed by atoms with van der Waals surface area (Å²) >= 11 is 0. The van der Waals surface area contributed by atoms with E-state index in [2.05, 4.69) is 22.5 Å². The fraction of sp³-hybridized carbons (Fsp3) is 0.583. The molecule has 0 N–H and O–H groups in total. The second-order valence-electron chi connectivity index (χ2n) is 4.07. The zero-order chi connectivity index (χ0) is 10.8. The van der Waals surface area contributed by atoms with Crippen LogP contribution in [0.1, 0.15) is 37.2 Å². The maximum atomic E-state index is 11.4. The molecule has 1 aromatic heterocycles. The number of hydrogen-bond acceptors (Lipinski definition) is 2. The minimum absolute atomic E-state index is 0.155. The van der Waals surface area contributed by atoms with Gasteiger partial charge in [0.15, 0.2) is 5.78 Å². The summed E-state index contributed by atoms with van der Waals surface area (Å²) < 4.78 is 2.12. The van der Waals surface area contributed by atoms with E-state index in [1.165, 1.54) is 18.7 Å². The van der Waals surface area contributed by atoms with Crippen molar-refractivity contribution in [1.29, 1.82) is 0 Å². The van der Waals surface area contributed by atoms with E-state index >= 15 is 0 Å². The van der Waals surface area contributed by atoms with Crippen LogP contribution in [0.3, 0.4) is 0 Å². The van der Waals surface area contributed by atoms with E-state index in [9.17, 15) is 4.79 Å². The maximum absolute atomic E-state index is 11.4. The first-order valence-corrected chi connectivity index (χ1v) is 5.69. The Hall–Kier alpha value is -1.25. The number of aromatic nitrogens is 1. The smallest absolute Gasteiger partial charge is 0.176 e. The summed E-state index contributed by atoms with van der Waals surface area (Å²) in [5, 5.41) is 0. The Morgan fingerprint density at radius 2 is 2.00 bits per heavy atom. The second kappa shape index (κ2) is 4.09. The molecule has 0 unspecified atom stereocenters. The predicted molar refractivity (Wildman–Crippen MR) is 61.6 cm³/mol. The van der Waals surface area contributed by atoms with Crippen molar-refractivity contribution in [3.05, 3.63) is 17.8 Å². The number of anilines is 1. The zero-order valence-corrected chi connectivity index (χ0v) is 9.49. The van der Waals surface area contributed by atoms with Crippen LogP contribution in [-0.2, 0) is 6.54 Å². The van der Waals surface area contributed by atoms with Crippen LogP contribution in [0.4, 0.5) is 5.82 Å². The van der Waals surface area contributed by atoms with Crippen molar-refractivity contribution in [2.75, 3.05) is 18.0 Å². The molecule has 0 amide bonds. The van der Waals surface area contributed by atoms with Gasteiger partial charge in [-0.3, -0.25) is 4.79 Å². The van der Waals surface area contributed by atoms with E-state index in [0.29, 0.717) is 0 Å². The van der Waals surface area contributed by atoms with Crippen molar-refractivity contribution in [1.82, 2.24) is 4.57 Å². The molecule has 1 aliphatic heterocycles. The first-order valence-electron chi connectivity index (χ1n) is 5.69. The third kappa shape index (κ3) is 1.78. The van der Waals surface area contributed by atoms with Crippen molar-refractivity contribution in [2.24, 2.45) is 0 Å². The molecule has 1 saturated heterocycles. The molecule has 15 heavy (non-hydrogen) atoms. The Bertz CT molecular complexity index is 362. The van der Waals surface area contributed by atoms with E-state index in [1.54, 1.807) is 6.92 Å². The normalized spacial score (nSPS) is 16.0. The number of carbonyl (C=O) groups is 1. The average molecular weight is 206 g/mol. The van der Waals surface area contributed by atoms with Crippen LogP contribution in [0, 0.1) is 0 Å². The van der Waals surface area contributed by atoms with E-state index in [-0.39, 0.29) is 5.78 Å². The van der Waals surface area contributed by atoms with Gasteiger partial charge in [-0.05, 0) is 31.9 Å². The van der Waals surface area contributed by atoms with Gasteiger partial charge in [0.1, 0.15) is 5.82 Å². The van der Waals surface area contributed by atoms with Gasteiger partial charge in [-0.1, -0.05) is 0 Å².